The highest BCUT2D eigenvalue weighted by molar-refractivity contribution is 5.34. The van der Waals surface area contributed by atoms with Crippen LogP contribution in [0.15, 0.2) is 18.2 Å². The fourth-order valence-electron chi connectivity index (χ4n) is 6.34. The molecular weight excluding hydrogens is 368 g/mol. The third-order valence-electron chi connectivity index (χ3n) is 8.27. The molecule has 2 atom stereocenters. The van der Waals surface area contributed by atoms with E-state index in [1.165, 1.54) is 104 Å². The Morgan fingerprint density at radius 3 is 2.43 bits per heavy atom. The van der Waals surface area contributed by atoms with Crippen LogP contribution >= 0.6 is 0 Å². The zero-order valence-electron chi connectivity index (χ0n) is 19.2. The lowest BCUT2D eigenvalue weighted by molar-refractivity contribution is 0.132. The largest absolute Gasteiger partial charge is 0.304 e. The topological polar surface area (TPSA) is 13.0 Å². The average Bonchev–Trinajstić information content (AvgIpc) is 3.43. The van der Waals surface area contributed by atoms with Crippen molar-refractivity contribution in [3.05, 3.63) is 34.9 Å². The number of likely N-dealkylation sites (N-methyl/N-ethyl adjacent to an activating group) is 1. The van der Waals surface area contributed by atoms with E-state index in [4.69, 9.17) is 0 Å². The van der Waals surface area contributed by atoms with Gasteiger partial charge in [0.1, 0.15) is 0 Å². The Kier molecular flexibility index (Phi) is 6.76. The van der Waals surface area contributed by atoms with Gasteiger partial charge < -0.3 is 14.7 Å². The van der Waals surface area contributed by atoms with Gasteiger partial charge in [-0.15, -0.1) is 0 Å². The lowest BCUT2D eigenvalue weighted by Crippen LogP contribution is -2.46. The first kappa shape index (κ1) is 20.9. The number of aryl methyl sites for hydroxylation is 1. The lowest BCUT2D eigenvalue weighted by Gasteiger charge is -2.36. The minimum absolute atomic E-state index is 0.784. The third kappa shape index (κ3) is 5.09. The molecule has 3 aliphatic heterocycles. The van der Waals surface area contributed by atoms with Gasteiger partial charge in [0.05, 0.1) is 0 Å². The fraction of sp³-hybridized carbons (Fsp3) is 0.769. The molecule has 3 fully saturated rings. The molecule has 0 radical (unpaired) electrons. The van der Waals surface area contributed by atoms with Crippen molar-refractivity contribution >= 4 is 0 Å². The Balaban J connectivity index is 1.15. The highest BCUT2D eigenvalue weighted by Gasteiger charge is 2.28. The minimum Gasteiger partial charge on any atom is -0.304 e. The summed E-state index contributed by atoms with van der Waals surface area (Å²) in [5, 5.41) is 0. The highest BCUT2D eigenvalue weighted by Crippen LogP contribution is 2.29. The Morgan fingerprint density at radius 2 is 1.60 bits per heavy atom. The summed E-state index contributed by atoms with van der Waals surface area (Å²) in [6.45, 7) is 12.7. The number of piperazine rings is 1. The molecule has 30 heavy (non-hydrogen) atoms. The van der Waals surface area contributed by atoms with Gasteiger partial charge in [0.2, 0.25) is 0 Å². The van der Waals surface area contributed by atoms with Gasteiger partial charge in [0.25, 0.3) is 0 Å². The second-order valence-corrected chi connectivity index (χ2v) is 10.6. The molecule has 4 heteroatoms. The summed E-state index contributed by atoms with van der Waals surface area (Å²) in [6.07, 6.45) is 9.57. The number of fused-ring (bicyclic) bond motifs is 1. The number of rotatable bonds is 6. The van der Waals surface area contributed by atoms with E-state index in [1.807, 2.05) is 0 Å². The molecule has 0 bridgehead atoms. The maximum absolute atomic E-state index is 2.78. The quantitative estimate of drug-likeness (QED) is 0.714. The van der Waals surface area contributed by atoms with Crippen molar-refractivity contribution in [2.24, 2.45) is 5.92 Å². The number of hydrogen-bond acceptors (Lipinski definition) is 4. The predicted octanol–water partition coefficient (Wildman–Crippen LogP) is 3.10. The number of nitrogens with zero attached hydrogens (tertiary/aromatic N) is 4. The molecule has 0 aromatic heterocycles. The van der Waals surface area contributed by atoms with Crippen LogP contribution in [-0.4, -0.2) is 91.6 Å². The fourth-order valence-corrected chi connectivity index (χ4v) is 6.34. The minimum atomic E-state index is 0.784. The van der Waals surface area contributed by atoms with E-state index < -0.39 is 0 Å². The molecular formula is C26H42N4. The Bertz CT molecular complexity index is 690. The summed E-state index contributed by atoms with van der Waals surface area (Å²) in [5.74, 6) is 0.857. The van der Waals surface area contributed by atoms with Crippen molar-refractivity contribution in [1.82, 2.24) is 19.6 Å². The molecule has 0 spiro atoms. The third-order valence-corrected chi connectivity index (χ3v) is 8.27. The maximum atomic E-state index is 2.78. The van der Waals surface area contributed by atoms with Gasteiger partial charge in [-0.25, -0.2) is 0 Å². The van der Waals surface area contributed by atoms with Crippen LogP contribution in [0.25, 0.3) is 0 Å². The smallest absolute Gasteiger partial charge is 0.0237 e. The van der Waals surface area contributed by atoms with Crippen LogP contribution in [0.1, 0.15) is 48.8 Å². The molecule has 4 aliphatic rings. The van der Waals surface area contributed by atoms with Gasteiger partial charge in [0, 0.05) is 51.9 Å². The Hall–Kier alpha value is -0.940. The first-order chi connectivity index (χ1) is 14.7. The molecule has 1 aromatic carbocycles. The first-order valence-corrected chi connectivity index (χ1v) is 12.7. The molecule has 0 amide bonds. The highest BCUT2D eigenvalue weighted by atomic mass is 15.2. The summed E-state index contributed by atoms with van der Waals surface area (Å²) < 4.78 is 0. The van der Waals surface area contributed by atoms with Crippen LogP contribution in [0.4, 0.5) is 0 Å². The van der Waals surface area contributed by atoms with Crippen molar-refractivity contribution in [1.29, 1.82) is 0 Å². The molecule has 3 saturated heterocycles. The molecule has 0 N–H and O–H groups in total. The second-order valence-electron chi connectivity index (χ2n) is 10.6. The van der Waals surface area contributed by atoms with E-state index in [-0.39, 0.29) is 0 Å². The van der Waals surface area contributed by atoms with E-state index in [9.17, 15) is 0 Å². The summed E-state index contributed by atoms with van der Waals surface area (Å²) in [7, 11) is 2.25. The van der Waals surface area contributed by atoms with Crippen LogP contribution in [0.5, 0.6) is 0 Å². The van der Waals surface area contributed by atoms with Gasteiger partial charge in [-0.05, 0) is 94.2 Å². The SMILES string of the molecule is CN1CCN(CC2CCc3cc(CN4CCC[C@H]4CN4CCCC4)ccc3C2)CC1. The molecule has 3 heterocycles. The second kappa shape index (κ2) is 9.68. The van der Waals surface area contributed by atoms with E-state index >= 15 is 0 Å². The Morgan fingerprint density at radius 1 is 0.800 bits per heavy atom. The maximum Gasteiger partial charge on any atom is 0.0237 e. The summed E-state index contributed by atoms with van der Waals surface area (Å²) in [6, 6.07) is 8.27. The molecule has 4 nitrogen and oxygen atoms in total. The van der Waals surface area contributed by atoms with Gasteiger partial charge in [0.15, 0.2) is 0 Å². The van der Waals surface area contributed by atoms with Gasteiger partial charge >= 0.3 is 0 Å². The van der Waals surface area contributed by atoms with Crippen molar-refractivity contribution < 1.29 is 0 Å². The van der Waals surface area contributed by atoms with Crippen LogP contribution in [-0.2, 0) is 19.4 Å². The molecule has 1 unspecified atom stereocenters. The lowest BCUT2D eigenvalue weighted by atomic mass is 9.82. The monoisotopic (exact) mass is 410 g/mol. The van der Waals surface area contributed by atoms with Crippen molar-refractivity contribution in [2.45, 2.75) is 57.5 Å². The number of benzene rings is 1. The summed E-state index contributed by atoms with van der Waals surface area (Å²) in [5.41, 5.74) is 4.84. The molecule has 166 valence electrons. The standard InChI is InChI=1S/C26H42N4/c1-27-13-15-29(16-14-27)19-22-6-8-25-18-23(7-9-24(25)17-22)20-30-12-4-5-26(30)21-28-10-2-3-11-28/h7,9,18,22,26H,2-6,8,10-17,19-21H2,1H3/t22?,26-/m0/s1. The van der Waals surface area contributed by atoms with Crippen LogP contribution in [0.3, 0.4) is 0 Å². The zero-order chi connectivity index (χ0) is 20.3. The van der Waals surface area contributed by atoms with Crippen LogP contribution in [0, 0.1) is 5.92 Å². The molecule has 1 aliphatic carbocycles. The van der Waals surface area contributed by atoms with E-state index in [1.54, 1.807) is 16.7 Å². The average molecular weight is 411 g/mol. The predicted molar refractivity (Wildman–Crippen MR) is 125 cm³/mol. The van der Waals surface area contributed by atoms with Gasteiger partial charge in [-0.3, -0.25) is 4.90 Å². The Labute approximate surface area is 184 Å². The summed E-state index contributed by atoms with van der Waals surface area (Å²) >= 11 is 0. The van der Waals surface area contributed by atoms with E-state index in [0.29, 0.717) is 0 Å². The van der Waals surface area contributed by atoms with Gasteiger partial charge in [-0.1, -0.05) is 18.2 Å². The zero-order valence-corrected chi connectivity index (χ0v) is 19.2. The van der Waals surface area contributed by atoms with E-state index in [0.717, 1.165) is 18.5 Å². The molecule has 5 rings (SSSR count). The molecule has 1 aromatic rings. The van der Waals surface area contributed by atoms with Crippen LogP contribution < -0.4 is 0 Å². The van der Waals surface area contributed by atoms with Crippen molar-refractivity contribution in [3.63, 3.8) is 0 Å². The first-order valence-electron chi connectivity index (χ1n) is 12.7. The van der Waals surface area contributed by atoms with Crippen molar-refractivity contribution in [3.8, 4) is 0 Å². The summed E-state index contributed by atoms with van der Waals surface area (Å²) in [4.78, 5) is 10.7. The number of hydrogen-bond donors (Lipinski definition) is 0. The van der Waals surface area contributed by atoms with Crippen molar-refractivity contribution in [2.75, 3.05) is 66.0 Å². The molecule has 0 saturated carbocycles. The van der Waals surface area contributed by atoms with E-state index in [2.05, 4.69) is 44.8 Å². The van der Waals surface area contributed by atoms with Crippen LogP contribution in [0.2, 0.25) is 0 Å². The number of likely N-dealkylation sites (tertiary alicyclic amines) is 2. The normalized spacial score (nSPS) is 29.5. The van der Waals surface area contributed by atoms with Gasteiger partial charge in [-0.2, -0.15) is 0 Å².